The SMILES string of the molecule is CCc1cnc(CNC(=O)Nc2cc(C)[nH]c2C(=O)O)s1. The van der Waals surface area contributed by atoms with Gasteiger partial charge in [-0.3, -0.25) is 0 Å². The maximum absolute atomic E-state index is 11.8. The maximum atomic E-state index is 11.8. The summed E-state index contributed by atoms with van der Waals surface area (Å²) < 4.78 is 0. The van der Waals surface area contributed by atoms with Gasteiger partial charge in [0.2, 0.25) is 0 Å². The van der Waals surface area contributed by atoms with E-state index >= 15 is 0 Å². The van der Waals surface area contributed by atoms with Crippen LogP contribution in [-0.2, 0) is 13.0 Å². The van der Waals surface area contributed by atoms with Crippen molar-refractivity contribution in [1.29, 1.82) is 0 Å². The minimum absolute atomic E-state index is 0.0369. The molecular weight excluding hydrogens is 292 g/mol. The predicted molar refractivity (Wildman–Crippen MR) is 79.8 cm³/mol. The summed E-state index contributed by atoms with van der Waals surface area (Å²) in [4.78, 5) is 30.8. The number of aromatic amines is 1. The Morgan fingerprint density at radius 2 is 2.24 bits per heavy atom. The van der Waals surface area contributed by atoms with Crippen LogP contribution in [0.5, 0.6) is 0 Å². The van der Waals surface area contributed by atoms with Crippen LogP contribution in [0.15, 0.2) is 12.3 Å². The minimum Gasteiger partial charge on any atom is -0.477 e. The number of carbonyl (C=O) groups excluding carboxylic acids is 1. The molecule has 0 radical (unpaired) electrons. The van der Waals surface area contributed by atoms with Crippen LogP contribution in [0.1, 0.15) is 33.0 Å². The fraction of sp³-hybridized carbons (Fsp3) is 0.308. The molecule has 0 aromatic carbocycles. The van der Waals surface area contributed by atoms with Crippen LogP contribution < -0.4 is 10.6 Å². The van der Waals surface area contributed by atoms with Gasteiger partial charge in [-0.2, -0.15) is 0 Å². The highest BCUT2D eigenvalue weighted by atomic mass is 32.1. The number of H-pyrrole nitrogens is 1. The molecule has 0 bridgehead atoms. The highest BCUT2D eigenvalue weighted by Gasteiger charge is 2.15. The van der Waals surface area contributed by atoms with Crippen molar-refractivity contribution in [3.8, 4) is 0 Å². The van der Waals surface area contributed by atoms with Gasteiger partial charge in [-0.05, 0) is 19.4 Å². The summed E-state index contributed by atoms with van der Waals surface area (Å²) in [5.74, 6) is -1.12. The van der Waals surface area contributed by atoms with Crippen LogP contribution in [-0.4, -0.2) is 27.1 Å². The Bertz CT molecular complexity index is 662. The third-order valence-electron chi connectivity index (χ3n) is 2.76. The van der Waals surface area contributed by atoms with Gasteiger partial charge in [0.15, 0.2) is 0 Å². The number of amides is 2. The van der Waals surface area contributed by atoms with E-state index in [4.69, 9.17) is 5.11 Å². The van der Waals surface area contributed by atoms with Gasteiger partial charge in [0.25, 0.3) is 0 Å². The molecular formula is C13H16N4O3S. The molecule has 21 heavy (non-hydrogen) atoms. The van der Waals surface area contributed by atoms with Crippen LogP contribution in [0.3, 0.4) is 0 Å². The molecule has 2 aromatic heterocycles. The Morgan fingerprint density at radius 3 is 2.86 bits per heavy atom. The summed E-state index contributed by atoms with van der Waals surface area (Å²) in [7, 11) is 0. The number of anilines is 1. The lowest BCUT2D eigenvalue weighted by Crippen LogP contribution is -2.28. The molecule has 0 atom stereocenters. The maximum Gasteiger partial charge on any atom is 0.354 e. The zero-order valence-corrected chi connectivity index (χ0v) is 12.5. The number of hydrogen-bond acceptors (Lipinski definition) is 4. The lowest BCUT2D eigenvalue weighted by Gasteiger charge is -2.05. The standard InChI is InChI=1S/C13H16N4O3S/c1-3-8-5-14-10(21-8)6-15-13(20)17-9-4-7(2)16-11(9)12(18)19/h4-5,16H,3,6H2,1-2H3,(H,18,19)(H2,15,17,20). The highest BCUT2D eigenvalue weighted by molar-refractivity contribution is 7.11. The topological polar surface area (TPSA) is 107 Å². The van der Waals surface area contributed by atoms with Crippen molar-refractivity contribution < 1.29 is 14.7 Å². The van der Waals surface area contributed by atoms with Crippen molar-refractivity contribution in [1.82, 2.24) is 15.3 Å². The quantitative estimate of drug-likeness (QED) is 0.680. The fourth-order valence-electron chi connectivity index (χ4n) is 1.77. The molecule has 0 fully saturated rings. The van der Waals surface area contributed by atoms with E-state index in [0.717, 1.165) is 16.3 Å². The number of thiazole rings is 1. The van der Waals surface area contributed by atoms with E-state index in [9.17, 15) is 9.59 Å². The number of hydrogen-bond donors (Lipinski definition) is 4. The summed E-state index contributed by atoms with van der Waals surface area (Å²) in [6, 6.07) is 1.10. The summed E-state index contributed by atoms with van der Waals surface area (Å²) in [6.45, 7) is 4.07. The smallest absolute Gasteiger partial charge is 0.354 e. The average Bonchev–Trinajstić information content (AvgIpc) is 3.03. The number of nitrogens with one attached hydrogen (secondary N) is 3. The molecule has 2 aromatic rings. The van der Waals surface area contributed by atoms with E-state index in [2.05, 4.69) is 20.6 Å². The van der Waals surface area contributed by atoms with Crippen LogP contribution in [0.4, 0.5) is 10.5 Å². The predicted octanol–water partition coefficient (Wildman–Crippen LogP) is 2.36. The van der Waals surface area contributed by atoms with Gasteiger partial charge in [-0.25, -0.2) is 14.6 Å². The molecule has 2 amide bonds. The molecule has 4 N–H and O–H groups in total. The molecule has 0 aliphatic heterocycles. The second kappa shape index (κ2) is 6.40. The van der Waals surface area contributed by atoms with E-state index < -0.39 is 12.0 Å². The van der Waals surface area contributed by atoms with Gasteiger partial charge in [-0.15, -0.1) is 11.3 Å². The fourth-order valence-corrected chi connectivity index (χ4v) is 2.57. The second-order valence-electron chi connectivity index (χ2n) is 4.43. The Labute approximate surface area is 125 Å². The third kappa shape index (κ3) is 3.82. The number of rotatable bonds is 5. The van der Waals surface area contributed by atoms with E-state index in [-0.39, 0.29) is 11.4 Å². The lowest BCUT2D eigenvalue weighted by atomic mass is 10.3. The van der Waals surface area contributed by atoms with Crippen molar-refractivity contribution in [3.05, 3.63) is 33.5 Å². The average molecular weight is 308 g/mol. The van der Waals surface area contributed by atoms with Crippen molar-refractivity contribution >= 4 is 29.0 Å². The van der Waals surface area contributed by atoms with Crippen molar-refractivity contribution in [2.24, 2.45) is 0 Å². The van der Waals surface area contributed by atoms with Crippen molar-refractivity contribution in [2.75, 3.05) is 5.32 Å². The molecule has 7 nitrogen and oxygen atoms in total. The number of carboxylic acid groups (broad SMARTS) is 1. The Morgan fingerprint density at radius 1 is 1.48 bits per heavy atom. The number of carboxylic acids is 1. The number of aromatic carboxylic acids is 1. The molecule has 112 valence electrons. The Hall–Kier alpha value is -2.35. The largest absolute Gasteiger partial charge is 0.477 e. The number of carbonyl (C=O) groups is 2. The van der Waals surface area contributed by atoms with Gasteiger partial charge < -0.3 is 20.7 Å². The molecule has 2 rings (SSSR count). The minimum atomic E-state index is -1.12. The summed E-state index contributed by atoms with van der Waals surface area (Å²) in [6.07, 6.45) is 2.70. The summed E-state index contributed by atoms with van der Waals surface area (Å²) >= 11 is 1.54. The first-order chi connectivity index (χ1) is 9.99. The molecule has 8 heteroatoms. The summed E-state index contributed by atoms with van der Waals surface area (Å²) in [5.41, 5.74) is 0.867. The molecule has 0 aliphatic carbocycles. The number of aryl methyl sites for hydroxylation is 2. The molecule has 0 aliphatic rings. The van der Waals surface area contributed by atoms with Crippen LogP contribution in [0.25, 0.3) is 0 Å². The van der Waals surface area contributed by atoms with Gasteiger partial charge in [0.05, 0.1) is 12.2 Å². The van der Waals surface area contributed by atoms with E-state index in [0.29, 0.717) is 12.2 Å². The first kappa shape index (κ1) is 15.0. The van der Waals surface area contributed by atoms with Gasteiger partial charge >= 0.3 is 12.0 Å². The number of aromatic nitrogens is 2. The number of nitrogens with zero attached hydrogens (tertiary/aromatic N) is 1. The van der Waals surface area contributed by atoms with E-state index in [1.807, 2.05) is 6.92 Å². The Kier molecular flexibility index (Phi) is 4.59. The monoisotopic (exact) mass is 308 g/mol. The van der Waals surface area contributed by atoms with Crippen LogP contribution >= 0.6 is 11.3 Å². The molecule has 0 spiro atoms. The molecule has 0 saturated heterocycles. The molecule has 0 saturated carbocycles. The zero-order chi connectivity index (χ0) is 15.4. The normalized spacial score (nSPS) is 10.4. The van der Waals surface area contributed by atoms with Crippen LogP contribution in [0, 0.1) is 6.92 Å². The van der Waals surface area contributed by atoms with Crippen molar-refractivity contribution in [2.45, 2.75) is 26.8 Å². The van der Waals surface area contributed by atoms with Crippen LogP contribution in [0.2, 0.25) is 0 Å². The first-order valence-corrected chi connectivity index (χ1v) is 7.22. The second-order valence-corrected chi connectivity index (χ2v) is 5.63. The van der Waals surface area contributed by atoms with Gasteiger partial charge in [0.1, 0.15) is 10.7 Å². The first-order valence-electron chi connectivity index (χ1n) is 6.41. The van der Waals surface area contributed by atoms with Gasteiger partial charge in [-0.1, -0.05) is 6.92 Å². The van der Waals surface area contributed by atoms with E-state index in [1.165, 1.54) is 11.3 Å². The number of urea groups is 1. The lowest BCUT2D eigenvalue weighted by molar-refractivity contribution is 0.0692. The van der Waals surface area contributed by atoms with Gasteiger partial charge in [0, 0.05) is 16.8 Å². The third-order valence-corrected chi connectivity index (χ3v) is 3.91. The highest BCUT2D eigenvalue weighted by Crippen LogP contribution is 2.17. The van der Waals surface area contributed by atoms with E-state index in [1.54, 1.807) is 19.2 Å². The van der Waals surface area contributed by atoms with Crippen molar-refractivity contribution in [3.63, 3.8) is 0 Å². The summed E-state index contributed by atoms with van der Waals surface area (Å²) in [5, 5.41) is 15.0. The Balaban J connectivity index is 1.94. The zero-order valence-electron chi connectivity index (χ0n) is 11.7. The molecule has 0 unspecified atom stereocenters. The molecule has 2 heterocycles.